The predicted molar refractivity (Wildman–Crippen MR) is 87.8 cm³/mol. The van der Waals surface area contributed by atoms with Crippen LogP contribution in [0.5, 0.6) is 0 Å². The van der Waals surface area contributed by atoms with Crippen LogP contribution in [0.1, 0.15) is 35.3 Å². The Balaban J connectivity index is 1.85. The highest BCUT2D eigenvalue weighted by atomic mass is 32.2. The molecule has 2 rings (SSSR count). The average molecular weight is 309 g/mol. The van der Waals surface area contributed by atoms with Crippen LogP contribution in [0.15, 0.2) is 11.2 Å². The first-order valence-corrected chi connectivity index (χ1v) is 8.56. The van der Waals surface area contributed by atoms with Gasteiger partial charge in [-0.25, -0.2) is 0 Å². The molecule has 1 aromatic rings. The number of aliphatic hydroxyl groups is 1. The second-order valence-electron chi connectivity index (χ2n) is 5.28. The van der Waals surface area contributed by atoms with E-state index in [2.05, 4.69) is 9.98 Å². The molecule has 5 nitrogen and oxygen atoms in total. The number of hydrogen-bond donors (Lipinski definition) is 3. The van der Waals surface area contributed by atoms with Crippen LogP contribution in [0, 0.1) is 5.92 Å². The summed E-state index contributed by atoms with van der Waals surface area (Å²) < 4.78 is 0. The van der Waals surface area contributed by atoms with Crippen LogP contribution in [0.4, 0.5) is 5.69 Å². The zero-order chi connectivity index (χ0) is 15.1. The summed E-state index contributed by atoms with van der Waals surface area (Å²) in [5, 5.41) is 9.46. The van der Waals surface area contributed by atoms with Gasteiger partial charge in [-0.2, -0.15) is 11.8 Å². The maximum atomic E-state index is 11.7. The van der Waals surface area contributed by atoms with E-state index in [-0.39, 0.29) is 18.3 Å². The number of Topliss-reactive ketones (excluding diaryl/α,β-unsaturated/α-hetero) is 1. The molecule has 116 valence electrons. The number of nitrogens with two attached hydrogens (primary N) is 1. The molecule has 0 unspecified atom stereocenters. The highest BCUT2D eigenvalue weighted by molar-refractivity contribution is 7.99. The van der Waals surface area contributed by atoms with Crippen LogP contribution in [0.2, 0.25) is 0 Å². The van der Waals surface area contributed by atoms with E-state index in [0.717, 1.165) is 48.6 Å². The van der Waals surface area contributed by atoms with Crippen LogP contribution in [0.25, 0.3) is 0 Å². The fraction of sp³-hybridized carbons (Fsp3) is 0.600. The normalized spacial score (nSPS) is 15.2. The second kappa shape index (κ2) is 8.36. The Labute approximate surface area is 129 Å². The smallest absolute Gasteiger partial charge is 0.186 e. The number of H-pyrrole nitrogens is 1. The number of carbonyl (C=O) groups excluding carboxylic acids is 1. The van der Waals surface area contributed by atoms with E-state index in [4.69, 9.17) is 5.73 Å². The van der Waals surface area contributed by atoms with Crippen molar-refractivity contribution in [1.82, 2.24) is 4.98 Å². The van der Waals surface area contributed by atoms with E-state index in [9.17, 15) is 9.90 Å². The van der Waals surface area contributed by atoms with Gasteiger partial charge in [-0.05, 0) is 48.8 Å². The minimum atomic E-state index is 0.0994. The van der Waals surface area contributed by atoms with Gasteiger partial charge >= 0.3 is 0 Å². The lowest BCUT2D eigenvalue weighted by molar-refractivity contribution is 0.0997. The number of aliphatic hydroxyl groups excluding tert-OH is 1. The van der Waals surface area contributed by atoms with Gasteiger partial charge in [0.05, 0.1) is 5.69 Å². The standard InChI is InChI=1S/C15H23N3O2S/c16-5-1-7-21-10-11(9-19)2-3-12-8-18-15-13(20)4-6-17-14(12)15/h6,8,11,18-19H,1-5,7,9-10,16H2/t11-/m0/s1. The summed E-state index contributed by atoms with van der Waals surface area (Å²) in [5.41, 5.74) is 7.96. The van der Waals surface area contributed by atoms with E-state index in [1.54, 1.807) is 6.21 Å². The Bertz CT molecular complexity index is 499. The third kappa shape index (κ3) is 4.43. The van der Waals surface area contributed by atoms with Gasteiger partial charge < -0.3 is 15.8 Å². The molecule has 4 N–H and O–H groups in total. The molecule has 0 saturated heterocycles. The lowest BCUT2D eigenvalue weighted by Crippen LogP contribution is -2.11. The summed E-state index contributed by atoms with van der Waals surface area (Å²) >= 11 is 1.85. The van der Waals surface area contributed by atoms with Crippen molar-refractivity contribution in [1.29, 1.82) is 0 Å². The molecule has 1 atom stereocenters. The number of aromatic nitrogens is 1. The molecule has 0 saturated carbocycles. The first kappa shape index (κ1) is 16.3. The van der Waals surface area contributed by atoms with Gasteiger partial charge in [0.25, 0.3) is 0 Å². The number of aryl methyl sites for hydroxylation is 1. The Morgan fingerprint density at radius 1 is 1.52 bits per heavy atom. The Kier molecular flexibility index (Phi) is 6.48. The third-order valence-electron chi connectivity index (χ3n) is 3.63. The topological polar surface area (TPSA) is 91.5 Å². The van der Waals surface area contributed by atoms with E-state index in [1.807, 2.05) is 18.0 Å². The molecule has 2 heterocycles. The summed E-state index contributed by atoms with van der Waals surface area (Å²) in [4.78, 5) is 19.1. The molecule has 1 aliphatic heterocycles. The summed E-state index contributed by atoms with van der Waals surface area (Å²) in [5.74, 6) is 2.38. The summed E-state index contributed by atoms with van der Waals surface area (Å²) in [6.07, 6.45) is 6.68. The number of carbonyl (C=O) groups is 1. The predicted octanol–water partition coefficient (Wildman–Crippen LogP) is 1.93. The maximum Gasteiger partial charge on any atom is 0.186 e. The Morgan fingerprint density at radius 2 is 2.38 bits per heavy atom. The lowest BCUT2D eigenvalue weighted by Gasteiger charge is -2.13. The van der Waals surface area contributed by atoms with E-state index in [0.29, 0.717) is 12.1 Å². The van der Waals surface area contributed by atoms with Crippen LogP contribution in [-0.2, 0) is 6.42 Å². The summed E-state index contributed by atoms with van der Waals surface area (Å²) in [6, 6.07) is 0. The summed E-state index contributed by atoms with van der Waals surface area (Å²) in [7, 11) is 0. The molecular weight excluding hydrogens is 286 g/mol. The van der Waals surface area contributed by atoms with Crippen molar-refractivity contribution in [3.8, 4) is 0 Å². The number of aromatic amines is 1. The van der Waals surface area contributed by atoms with Gasteiger partial charge in [0.1, 0.15) is 5.69 Å². The number of fused-ring (bicyclic) bond motifs is 1. The van der Waals surface area contributed by atoms with E-state index < -0.39 is 0 Å². The van der Waals surface area contributed by atoms with E-state index in [1.165, 1.54) is 0 Å². The average Bonchev–Trinajstić information content (AvgIpc) is 2.91. The van der Waals surface area contributed by atoms with Crippen molar-refractivity contribution in [2.75, 3.05) is 24.7 Å². The molecule has 0 aromatic carbocycles. The van der Waals surface area contributed by atoms with Gasteiger partial charge in [-0.15, -0.1) is 0 Å². The number of nitrogens with zero attached hydrogens (tertiary/aromatic N) is 1. The SMILES string of the molecule is NCCCSC[C@H](CO)CCc1c[nH]c2c1N=CCC2=O. The fourth-order valence-corrected chi connectivity index (χ4v) is 3.49. The Hall–Kier alpha value is -1.11. The van der Waals surface area contributed by atoms with Crippen molar-refractivity contribution in [2.45, 2.75) is 25.7 Å². The van der Waals surface area contributed by atoms with E-state index >= 15 is 0 Å². The van der Waals surface area contributed by atoms with Crippen LogP contribution in [-0.4, -0.2) is 46.7 Å². The number of ketones is 1. The van der Waals surface area contributed by atoms with Crippen molar-refractivity contribution >= 4 is 29.4 Å². The molecule has 0 bridgehead atoms. The Morgan fingerprint density at radius 3 is 3.14 bits per heavy atom. The van der Waals surface area contributed by atoms with Gasteiger partial charge in [-0.1, -0.05) is 0 Å². The molecule has 0 radical (unpaired) electrons. The molecule has 21 heavy (non-hydrogen) atoms. The van der Waals surface area contributed by atoms with Gasteiger partial charge in [0.15, 0.2) is 5.78 Å². The second-order valence-corrected chi connectivity index (χ2v) is 6.43. The van der Waals surface area contributed by atoms with Crippen LogP contribution in [0.3, 0.4) is 0 Å². The first-order chi connectivity index (χ1) is 10.3. The molecule has 1 aromatic heterocycles. The molecule has 0 fully saturated rings. The first-order valence-electron chi connectivity index (χ1n) is 7.41. The van der Waals surface area contributed by atoms with Crippen molar-refractivity contribution in [2.24, 2.45) is 16.6 Å². The number of thioether (sulfide) groups is 1. The number of aliphatic imine (C=N–C) groups is 1. The van der Waals surface area contributed by atoms with Gasteiger partial charge in [0.2, 0.25) is 0 Å². The van der Waals surface area contributed by atoms with Crippen molar-refractivity contribution in [3.05, 3.63) is 17.5 Å². The molecule has 0 aliphatic carbocycles. The number of nitrogens with one attached hydrogen (secondary N) is 1. The number of rotatable bonds is 9. The highest BCUT2D eigenvalue weighted by Gasteiger charge is 2.20. The zero-order valence-corrected chi connectivity index (χ0v) is 13.0. The molecule has 6 heteroatoms. The maximum absolute atomic E-state index is 11.7. The highest BCUT2D eigenvalue weighted by Crippen LogP contribution is 2.29. The monoisotopic (exact) mass is 309 g/mol. The quantitative estimate of drug-likeness (QED) is 0.608. The molecule has 0 spiro atoms. The molecule has 0 amide bonds. The summed E-state index contributed by atoms with van der Waals surface area (Å²) in [6.45, 7) is 0.919. The van der Waals surface area contributed by atoms with Crippen molar-refractivity contribution in [3.63, 3.8) is 0 Å². The van der Waals surface area contributed by atoms with Crippen molar-refractivity contribution < 1.29 is 9.90 Å². The minimum Gasteiger partial charge on any atom is -0.396 e. The third-order valence-corrected chi connectivity index (χ3v) is 4.92. The fourth-order valence-electron chi connectivity index (χ4n) is 2.35. The van der Waals surface area contributed by atoms with Crippen LogP contribution >= 0.6 is 11.8 Å². The van der Waals surface area contributed by atoms with Gasteiger partial charge in [-0.3, -0.25) is 9.79 Å². The zero-order valence-electron chi connectivity index (χ0n) is 12.2. The van der Waals surface area contributed by atoms with Crippen LogP contribution < -0.4 is 5.73 Å². The molecule has 1 aliphatic rings. The minimum absolute atomic E-state index is 0.0994. The van der Waals surface area contributed by atoms with Gasteiger partial charge in [0, 0.05) is 25.4 Å². The molecular formula is C15H23N3O2S. The number of hydrogen-bond acceptors (Lipinski definition) is 5. The largest absolute Gasteiger partial charge is 0.396 e. The lowest BCUT2D eigenvalue weighted by atomic mass is 10.0.